The molecular weight excluding hydrogens is 208 g/mol. The number of nitrogens with zero attached hydrogens (tertiary/aromatic N) is 1. The predicted octanol–water partition coefficient (Wildman–Crippen LogP) is 1.78. The van der Waals surface area contributed by atoms with Gasteiger partial charge in [-0.25, -0.2) is 9.78 Å². The quantitative estimate of drug-likeness (QED) is 0.817. The lowest BCUT2D eigenvalue weighted by molar-refractivity contribution is 0.147. The van der Waals surface area contributed by atoms with Gasteiger partial charge in [-0.15, -0.1) is 0 Å². The molecule has 1 aromatic heterocycles. The van der Waals surface area contributed by atoms with E-state index in [0.29, 0.717) is 24.0 Å². The molecule has 5 nitrogen and oxygen atoms in total. The summed E-state index contributed by atoms with van der Waals surface area (Å²) < 4.78 is 4.93. The van der Waals surface area contributed by atoms with Crippen LogP contribution in [-0.2, 0) is 11.3 Å². The maximum absolute atomic E-state index is 11.3. The van der Waals surface area contributed by atoms with Crippen LogP contribution in [0.1, 0.15) is 19.5 Å². The number of hydrogen-bond acceptors (Lipinski definition) is 4. The van der Waals surface area contributed by atoms with Gasteiger partial charge in [0.05, 0.1) is 18.9 Å². The largest absolute Gasteiger partial charge is 0.449 e. The van der Waals surface area contributed by atoms with E-state index in [1.54, 1.807) is 18.2 Å². The minimum Gasteiger partial charge on any atom is -0.449 e. The third-order valence-electron chi connectivity index (χ3n) is 1.75. The molecule has 2 N–H and O–H groups in total. The van der Waals surface area contributed by atoms with Crippen molar-refractivity contribution in [1.29, 1.82) is 0 Å². The first kappa shape index (κ1) is 12.4. The molecule has 16 heavy (non-hydrogen) atoms. The van der Waals surface area contributed by atoms with Crippen LogP contribution >= 0.6 is 0 Å². The van der Waals surface area contributed by atoms with Crippen molar-refractivity contribution in [2.24, 2.45) is 5.92 Å². The van der Waals surface area contributed by atoms with Crippen LogP contribution in [0.15, 0.2) is 18.2 Å². The van der Waals surface area contributed by atoms with Gasteiger partial charge in [0.15, 0.2) is 0 Å². The van der Waals surface area contributed by atoms with E-state index in [-0.39, 0.29) is 6.61 Å². The van der Waals surface area contributed by atoms with Crippen molar-refractivity contribution in [3.63, 3.8) is 0 Å². The fraction of sp³-hybridized carbons (Fsp3) is 0.455. The average molecular weight is 224 g/mol. The summed E-state index contributed by atoms with van der Waals surface area (Å²) in [5.41, 5.74) is 0.502. The third kappa shape index (κ3) is 4.27. The van der Waals surface area contributed by atoms with E-state index in [1.165, 1.54) is 0 Å². The van der Waals surface area contributed by atoms with Crippen LogP contribution in [0.3, 0.4) is 0 Å². The summed E-state index contributed by atoms with van der Waals surface area (Å²) in [6.45, 7) is 4.12. The normalized spacial score (nSPS) is 10.2. The number of carbonyl (C=O) groups excluding carboxylic acids is 1. The summed E-state index contributed by atoms with van der Waals surface area (Å²) in [5, 5.41) is 11.4. The summed E-state index contributed by atoms with van der Waals surface area (Å²) in [7, 11) is 0. The average Bonchev–Trinajstić information content (AvgIpc) is 2.26. The van der Waals surface area contributed by atoms with Gasteiger partial charge in [0.2, 0.25) is 0 Å². The maximum atomic E-state index is 11.3. The highest BCUT2D eigenvalue weighted by molar-refractivity contribution is 5.83. The first-order valence-corrected chi connectivity index (χ1v) is 5.12. The number of anilines is 1. The number of hydrogen-bond donors (Lipinski definition) is 2. The van der Waals surface area contributed by atoms with Gasteiger partial charge in [0.25, 0.3) is 0 Å². The number of aromatic nitrogens is 1. The molecule has 0 spiro atoms. The van der Waals surface area contributed by atoms with E-state index in [4.69, 9.17) is 9.84 Å². The number of ether oxygens (including phenoxy) is 1. The molecule has 0 unspecified atom stereocenters. The van der Waals surface area contributed by atoms with Crippen molar-refractivity contribution in [1.82, 2.24) is 4.98 Å². The molecule has 0 saturated carbocycles. The molecule has 0 atom stereocenters. The van der Waals surface area contributed by atoms with Crippen molar-refractivity contribution in [2.45, 2.75) is 20.5 Å². The van der Waals surface area contributed by atoms with Gasteiger partial charge in [0, 0.05) is 0 Å². The molecule has 0 aliphatic heterocycles. The Morgan fingerprint density at radius 2 is 2.31 bits per heavy atom. The second-order valence-corrected chi connectivity index (χ2v) is 3.79. The van der Waals surface area contributed by atoms with E-state index in [2.05, 4.69) is 10.3 Å². The molecule has 0 aliphatic rings. The van der Waals surface area contributed by atoms with Gasteiger partial charge in [-0.05, 0) is 18.1 Å². The first-order valence-electron chi connectivity index (χ1n) is 5.12. The second-order valence-electron chi connectivity index (χ2n) is 3.79. The van der Waals surface area contributed by atoms with E-state index in [0.717, 1.165) is 0 Å². The predicted molar refractivity (Wildman–Crippen MR) is 60.0 cm³/mol. The van der Waals surface area contributed by atoms with Crippen molar-refractivity contribution >= 4 is 11.9 Å². The van der Waals surface area contributed by atoms with Crippen LogP contribution in [-0.4, -0.2) is 22.8 Å². The smallest absolute Gasteiger partial charge is 0.412 e. The molecule has 88 valence electrons. The third-order valence-corrected chi connectivity index (χ3v) is 1.75. The monoisotopic (exact) mass is 224 g/mol. The summed E-state index contributed by atoms with van der Waals surface area (Å²) in [6.07, 6.45) is -0.531. The minimum absolute atomic E-state index is 0.156. The van der Waals surface area contributed by atoms with Crippen LogP contribution in [0, 0.1) is 5.92 Å². The number of pyridine rings is 1. The molecule has 1 amide bonds. The molecule has 1 heterocycles. The van der Waals surface area contributed by atoms with Gasteiger partial charge in [-0.2, -0.15) is 0 Å². The summed E-state index contributed by atoms with van der Waals surface area (Å²) in [4.78, 5) is 15.3. The first-order chi connectivity index (χ1) is 7.61. The van der Waals surface area contributed by atoms with Gasteiger partial charge < -0.3 is 9.84 Å². The molecule has 0 aliphatic carbocycles. The summed E-state index contributed by atoms with van der Waals surface area (Å²) in [6, 6.07) is 5.01. The maximum Gasteiger partial charge on any atom is 0.412 e. The molecule has 1 rings (SSSR count). The van der Waals surface area contributed by atoms with Crippen LogP contribution in [0.5, 0.6) is 0 Å². The topological polar surface area (TPSA) is 71.5 Å². The molecule has 0 aromatic carbocycles. The van der Waals surface area contributed by atoms with E-state index in [1.807, 2.05) is 13.8 Å². The highest BCUT2D eigenvalue weighted by atomic mass is 16.5. The zero-order valence-corrected chi connectivity index (χ0v) is 9.43. The molecular formula is C11H16N2O3. The highest BCUT2D eigenvalue weighted by Crippen LogP contribution is 2.05. The van der Waals surface area contributed by atoms with Crippen LogP contribution < -0.4 is 5.32 Å². The fourth-order valence-corrected chi connectivity index (χ4v) is 1.02. The number of carbonyl (C=O) groups is 1. The number of aliphatic hydroxyl groups is 1. The van der Waals surface area contributed by atoms with Crippen molar-refractivity contribution in [3.8, 4) is 0 Å². The lowest BCUT2D eigenvalue weighted by Crippen LogP contribution is -2.17. The van der Waals surface area contributed by atoms with Gasteiger partial charge >= 0.3 is 6.09 Å². The number of rotatable bonds is 4. The Morgan fingerprint density at radius 3 is 2.94 bits per heavy atom. The zero-order valence-electron chi connectivity index (χ0n) is 9.43. The molecule has 5 heteroatoms. The van der Waals surface area contributed by atoms with E-state index in [9.17, 15) is 4.79 Å². The number of nitrogens with one attached hydrogen (secondary N) is 1. The Kier molecular flexibility index (Phi) is 4.72. The van der Waals surface area contributed by atoms with Crippen molar-refractivity contribution in [2.75, 3.05) is 11.9 Å². The summed E-state index contributed by atoms with van der Waals surface area (Å²) >= 11 is 0. The SMILES string of the molecule is CC(C)COC(=O)Nc1cccc(CO)n1. The fourth-order valence-electron chi connectivity index (χ4n) is 1.02. The standard InChI is InChI=1S/C11H16N2O3/c1-8(2)7-16-11(15)13-10-5-3-4-9(6-14)12-10/h3-5,8,14H,6-7H2,1-2H3,(H,12,13,15). The second kappa shape index (κ2) is 6.07. The number of amides is 1. The van der Waals surface area contributed by atoms with Crippen LogP contribution in [0.2, 0.25) is 0 Å². The number of aliphatic hydroxyl groups excluding tert-OH is 1. The Labute approximate surface area is 94.5 Å². The lowest BCUT2D eigenvalue weighted by Gasteiger charge is -2.08. The molecule has 0 saturated heterocycles. The molecule has 0 fully saturated rings. The Bertz CT molecular complexity index is 353. The molecule has 1 aromatic rings. The van der Waals surface area contributed by atoms with E-state index < -0.39 is 6.09 Å². The van der Waals surface area contributed by atoms with Crippen molar-refractivity contribution < 1.29 is 14.6 Å². The van der Waals surface area contributed by atoms with Gasteiger partial charge in [-0.3, -0.25) is 5.32 Å². The lowest BCUT2D eigenvalue weighted by atomic mass is 10.2. The van der Waals surface area contributed by atoms with Crippen LogP contribution in [0.25, 0.3) is 0 Å². The molecule has 0 bridgehead atoms. The highest BCUT2D eigenvalue weighted by Gasteiger charge is 2.05. The van der Waals surface area contributed by atoms with Gasteiger partial charge in [-0.1, -0.05) is 19.9 Å². The molecule has 0 radical (unpaired) electrons. The van der Waals surface area contributed by atoms with Crippen LogP contribution in [0.4, 0.5) is 10.6 Å². The minimum atomic E-state index is -0.531. The summed E-state index contributed by atoms with van der Waals surface area (Å²) in [5.74, 6) is 0.669. The van der Waals surface area contributed by atoms with Crippen molar-refractivity contribution in [3.05, 3.63) is 23.9 Å². The Morgan fingerprint density at radius 1 is 1.56 bits per heavy atom. The zero-order chi connectivity index (χ0) is 12.0. The Balaban J connectivity index is 2.49. The Hall–Kier alpha value is -1.62. The van der Waals surface area contributed by atoms with Gasteiger partial charge in [0.1, 0.15) is 5.82 Å². The van der Waals surface area contributed by atoms with E-state index >= 15 is 0 Å².